The SMILES string of the molecule is N=c1c(C(=O)Nc2ccccc2)c(N)c2c3n1CCN3CCNC2=O. The standard InChI is InChI=1S/C17H18N6O2/c18-13-11(16(25)21-10-4-2-1-3-5-10)14(19)23-9-8-22-7-6-20-15(24)12(13)17(22)23/h1-5,19H,6-9,18H2,(H,20,24)(H,21,25). The molecule has 1 aromatic carbocycles. The summed E-state index contributed by atoms with van der Waals surface area (Å²) in [5.41, 5.74) is 7.19. The van der Waals surface area contributed by atoms with Crippen LogP contribution in [0.15, 0.2) is 30.3 Å². The molecule has 1 aromatic heterocycles. The van der Waals surface area contributed by atoms with E-state index in [-0.39, 0.29) is 28.2 Å². The Hall–Kier alpha value is -3.29. The highest BCUT2D eigenvalue weighted by molar-refractivity contribution is 6.13. The van der Waals surface area contributed by atoms with Gasteiger partial charge in [-0.3, -0.25) is 15.0 Å². The second kappa shape index (κ2) is 5.66. The van der Waals surface area contributed by atoms with Crippen molar-refractivity contribution >= 4 is 29.0 Å². The molecule has 0 aliphatic carbocycles. The molecule has 0 saturated carbocycles. The van der Waals surface area contributed by atoms with Gasteiger partial charge >= 0.3 is 0 Å². The van der Waals surface area contributed by atoms with Crippen molar-refractivity contribution in [3.8, 4) is 0 Å². The second-order valence-electron chi connectivity index (χ2n) is 6.05. The normalized spacial score (nSPS) is 15.4. The molecule has 8 heteroatoms. The van der Waals surface area contributed by atoms with Crippen LogP contribution in [-0.4, -0.2) is 36.0 Å². The Morgan fingerprint density at radius 3 is 2.72 bits per heavy atom. The summed E-state index contributed by atoms with van der Waals surface area (Å²) in [6.07, 6.45) is 0. The molecule has 0 unspecified atom stereocenters. The van der Waals surface area contributed by atoms with Gasteiger partial charge in [-0.15, -0.1) is 0 Å². The van der Waals surface area contributed by atoms with E-state index in [1.165, 1.54) is 0 Å². The maximum atomic E-state index is 12.7. The molecule has 0 atom stereocenters. The number of benzene rings is 1. The first-order valence-electron chi connectivity index (χ1n) is 8.08. The largest absolute Gasteiger partial charge is 0.397 e. The molecule has 8 nitrogen and oxygen atoms in total. The number of hydrogen-bond donors (Lipinski definition) is 4. The summed E-state index contributed by atoms with van der Waals surface area (Å²) in [7, 11) is 0. The number of rotatable bonds is 2. The highest BCUT2D eigenvalue weighted by Gasteiger charge is 2.33. The van der Waals surface area contributed by atoms with Crippen molar-refractivity contribution in [1.82, 2.24) is 9.88 Å². The van der Waals surface area contributed by atoms with Gasteiger partial charge in [0.1, 0.15) is 22.4 Å². The number of anilines is 3. The third-order valence-corrected chi connectivity index (χ3v) is 4.57. The van der Waals surface area contributed by atoms with Crippen LogP contribution in [0.5, 0.6) is 0 Å². The van der Waals surface area contributed by atoms with Gasteiger partial charge in [0.25, 0.3) is 11.8 Å². The fraction of sp³-hybridized carbons (Fsp3) is 0.235. The number of carbonyl (C=O) groups is 2. The Balaban J connectivity index is 1.86. The van der Waals surface area contributed by atoms with Crippen molar-refractivity contribution in [1.29, 1.82) is 5.41 Å². The van der Waals surface area contributed by atoms with Gasteiger partial charge in [-0.2, -0.15) is 0 Å². The molecule has 0 spiro atoms. The van der Waals surface area contributed by atoms with E-state index in [1.54, 1.807) is 28.8 Å². The average molecular weight is 338 g/mol. The lowest BCUT2D eigenvalue weighted by molar-refractivity contribution is 0.0958. The molecule has 25 heavy (non-hydrogen) atoms. The quantitative estimate of drug-likeness (QED) is 0.633. The van der Waals surface area contributed by atoms with E-state index in [9.17, 15) is 9.59 Å². The number of para-hydroxylation sites is 1. The third-order valence-electron chi connectivity index (χ3n) is 4.57. The predicted molar refractivity (Wildman–Crippen MR) is 93.6 cm³/mol. The van der Waals surface area contributed by atoms with E-state index in [2.05, 4.69) is 10.6 Å². The minimum absolute atomic E-state index is 0.0292. The van der Waals surface area contributed by atoms with Crippen LogP contribution in [0.1, 0.15) is 20.7 Å². The van der Waals surface area contributed by atoms with Gasteiger partial charge in [-0.1, -0.05) is 18.2 Å². The first-order valence-corrected chi connectivity index (χ1v) is 8.08. The molecule has 5 N–H and O–H groups in total. The first-order chi connectivity index (χ1) is 12.1. The fourth-order valence-electron chi connectivity index (χ4n) is 3.40. The lowest BCUT2D eigenvalue weighted by Gasteiger charge is -2.19. The van der Waals surface area contributed by atoms with Gasteiger partial charge < -0.3 is 25.8 Å². The van der Waals surface area contributed by atoms with Gasteiger partial charge in [0, 0.05) is 31.9 Å². The minimum Gasteiger partial charge on any atom is -0.397 e. The molecule has 3 heterocycles. The molecule has 0 saturated heterocycles. The summed E-state index contributed by atoms with van der Waals surface area (Å²) in [4.78, 5) is 27.2. The molecule has 0 fully saturated rings. The maximum Gasteiger partial charge on any atom is 0.261 e. The van der Waals surface area contributed by atoms with Crippen LogP contribution in [0.2, 0.25) is 0 Å². The van der Waals surface area contributed by atoms with Gasteiger partial charge in [0.15, 0.2) is 0 Å². The van der Waals surface area contributed by atoms with Gasteiger partial charge in [0.2, 0.25) is 0 Å². The van der Waals surface area contributed by atoms with Gasteiger partial charge in [0.05, 0.1) is 5.69 Å². The Morgan fingerprint density at radius 1 is 1.20 bits per heavy atom. The topological polar surface area (TPSA) is 116 Å². The average Bonchev–Trinajstić information content (AvgIpc) is 2.92. The molecule has 2 amide bonds. The summed E-state index contributed by atoms with van der Waals surface area (Å²) < 4.78 is 1.69. The second-order valence-corrected chi connectivity index (χ2v) is 6.05. The molecule has 0 radical (unpaired) electrons. The predicted octanol–water partition coefficient (Wildman–Crippen LogP) is 0.365. The van der Waals surface area contributed by atoms with E-state index in [1.807, 2.05) is 11.0 Å². The molecule has 0 bridgehead atoms. The van der Waals surface area contributed by atoms with E-state index in [4.69, 9.17) is 11.1 Å². The molecular formula is C17H18N6O2. The van der Waals surface area contributed by atoms with Crippen molar-refractivity contribution < 1.29 is 9.59 Å². The van der Waals surface area contributed by atoms with Crippen molar-refractivity contribution in [2.24, 2.45) is 0 Å². The van der Waals surface area contributed by atoms with Crippen molar-refractivity contribution in [2.45, 2.75) is 6.54 Å². The summed E-state index contributed by atoms with van der Waals surface area (Å²) in [6.45, 7) is 2.41. The van der Waals surface area contributed by atoms with Crippen LogP contribution in [0.3, 0.4) is 0 Å². The number of nitrogen functional groups attached to an aromatic ring is 1. The zero-order chi connectivity index (χ0) is 17.6. The Labute approximate surface area is 143 Å². The van der Waals surface area contributed by atoms with E-state index >= 15 is 0 Å². The van der Waals surface area contributed by atoms with Crippen LogP contribution >= 0.6 is 0 Å². The number of nitrogens with one attached hydrogen (secondary N) is 3. The third kappa shape index (κ3) is 2.34. The number of amides is 2. The van der Waals surface area contributed by atoms with E-state index in [0.29, 0.717) is 37.7 Å². The number of pyridine rings is 1. The molecule has 2 aliphatic heterocycles. The molecular weight excluding hydrogens is 320 g/mol. The highest BCUT2D eigenvalue weighted by Crippen LogP contribution is 2.31. The molecule has 2 aromatic rings. The van der Waals surface area contributed by atoms with Crippen molar-refractivity contribution in [3.05, 3.63) is 46.9 Å². The number of nitrogens with zero attached hydrogens (tertiary/aromatic N) is 2. The Morgan fingerprint density at radius 2 is 1.96 bits per heavy atom. The fourth-order valence-corrected chi connectivity index (χ4v) is 3.40. The van der Waals surface area contributed by atoms with E-state index < -0.39 is 5.91 Å². The smallest absolute Gasteiger partial charge is 0.261 e. The number of hydrogen-bond acceptors (Lipinski definition) is 5. The van der Waals surface area contributed by atoms with Crippen LogP contribution in [-0.2, 0) is 6.54 Å². The summed E-state index contributed by atoms with van der Waals surface area (Å²) in [5.74, 6) is -0.163. The minimum atomic E-state index is -0.490. The molecule has 2 aliphatic rings. The van der Waals surface area contributed by atoms with Crippen LogP contribution in [0, 0.1) is 5.41 Å². The first kappa shape index (κ1) is 15.3. The van der Waals surface area contributed by atoms with Crippen LogP contribution in [0.4, 0.5) is 17.2 Å². The zero-order valence-corrected chi connectivity index (χ0v) is 13.5. The number of carbonyl (C=O) groups excluding carboxylic acids is 2. The zero-order valence-electron chi connectivity index (χ0n) is 13.5. The lowest BCUT2D eigenvalue weighted by atomic mass is 10.1. The van der Waals surface area contributed by atoms with Crippen LogP contribution < -0.4 is 26.8 Å². The van der Waals surface area contributed by atoms with Gasteiger partial charge in [-0.05, 0) is 12.1 Å². The molecule has 128 valence electrons. The summed E-state index contributed by atoms with van der Waals surface area (Å²) >= 11 is 0. The summed E-state index contributed by atoms with van der Waals surface area (Å²) in [5, 5.41) is 14.0. The number of aromatic nitrogens is 1. The van der Waals surface area contributed by atoms with Crippen LogP contribution in [0.25, 0.3) is 0 Å². The monoisotopic (exact) mass is 338 g/mol. The lowest BCUT2D eigenvalue weighted by Crippen LogP contribution is -2.33. The van der Waals surface area contributed by atoms with Crippen molar-refractivity contribution in [3.63, 3.8) is 0 Å². The number of nitrogens with two attached hydrogens (primary N) is 1. The molecule has 4 rings (SSSR count). The summed E-state index contributed by atoms with van der Waals surface area (Å²) in [6, 6.07) is 8.95. The van der Waals surface area contributed by atoms with Crippen molar-refractivity contribution in [2.75, 3.05) is 35.6 Å². The Bertz CT molecular complexity index is 934. The highest BCUT2D eigenvalue weighted by atomic mass is 16.2. The van der Waals surface area contributed by atoms with Gasteiger partial charge in [-0.25, -0.2) is 0 Å². The van der Waals surface area contributed by atoms with E-state index in [0.717, 1.165) is 0 Å². The Kier molecular flexibility index (Phi) is 3.45. The maximum absolute atomic E-state index is 12.7.